The molecule has 2 aromatic rings. The number of aromatic nitrogens is 2. The number of hydrogen-bond donors (Lipinski definition) is 1. The van der Waals surface area contributed by atoms with Gasteiger partial charge in [0.15, 0.2) is 0 Å². The van der Waals surface area contributed by atoms with Gasteiger partial charge in [-0.05, 0) is 24.6 Å². The molecule has 0 atom stereocenters. The van der Waals surface area contributed by atoms with Crippen LogP contribution in [0.3, 0.4) is 0 Å². The van der Waals surface area contributed by atoms with Gasteiger partial charge < -0.3 is 10.1 Å². The molecule has 0 radical (unpaired) electrons. The van der Waals surface area contributed by atoms with Crippen LogP contribution in [0.15, 0.2) is 24.5 Å². The molecule has 62 valence electrons. The average molecular weight is 161 g/mol. The first-order chi connectivity index (χ1) is 5.81. The van der Waals surface area contributed by atoms with Crippen molar-refractivity contribution in [3.8, 4) is 0 Å². The molecule has 2 aromatic heterocycles. The molecule has 0 fully saturated rings. The van der Waals surface area contributed by atoms with Crippen molar-refractivity contribution in [2.24, 2.45) is 5.73 Å². The number of rotatable bonds is 1. The first kappa shape index (κ1) is 7.31. The fourth-order valence-corrected chi connectivity index (χ4v) is 1.31. The largest absolute Gasteiger partial charge is 0.326 e. The standard InChI is InChI=1S/C9H11N3/c1-7-11-6-9-4-8(5-10)2-3-12(7)9/h2-4,6H,5,10H2,1H3. The van der Waals surface area contributed by atoms with E-state index in [0.717, 1.165) is 16.9 Å². The summed E-state index contributed by atoms with van der Waals surface area (Å²) in [5, 5.41) is 0. The number of nitrogens with zero attached hydrogens (tertiary/aromatic N) is 2. The van der Waals surface area contributed by atoms with E-state index in [1.165, 1.54) is 0 Å². The second-order valence-corrected chi connectivity index (χ2v) is 2.84. The van der Waals surface area contributed by atoms with Crippen LogP contribution in [-0.2, 0) is 6.54 Å². The summed E-state index contributed by atoms with van der Waals surface area (Å²) in [6.45, 7) is 2.57. The van der Waals surface area contributed by atoms with Gasteiger partial charge >= 0.3 is 0 Å². The van der Waals surface area contributed by atoms with E-state index in [1.807, 2.05) is 29.8 Å². The van der Waals surface area contributed by atoms with E-state index >= 15 is 0 Å². The quantitative estimate of drug-likeness (QED) is 0.680. The Labute approximate surface area is 70.8 Å². The van der Waals surface area contributed by atoms with E-state index in [4.69, 9.17) is 5.73 Å². The van der Waals surface area contributed by atoms with Gasteiger partial charge in [-0.15, -0.1) is 0 Å². The topological polar surface area (TPSA) is 43.3 Å². The molecule has 2 rings (SSSR count). The average Bonchev–Trinajstić information content (AvgIpc) is 2.47. The summed E-state index contributed by atoms with van der Waals surface area (Å²) in [6, 6.07) is 4.07. The molecule has 0 bridgehead atoms. The summed E-state index contributed by atoms with van der Waals surface area (Å²) in [6.07, 6.45) is 3.86. The Bertz CT molecular complexity index is 403. The summed E-state index contributed by atoms with van der Waals surface area (Å²) in [4.78, 5) is 4.19. The lowest BCUT2D eigenvalue weighted by atomic mass is 10.2. The van der Waals surface area contributed by atoms with Gasteiger partial charge in [-0.2, -0.15) is 0 Å². The fourth-order valence-electron chi connectivity index (χ4n) is 1.31. The molecule has 0 aliphatic heterocycles. The van der Waals surface area contributed by atoms with E-state index in [9.17, 15) is 0 Å². The number of fused-ring (bicyclic) bond motifs is 1. The highest BCUT2D eigenvalue weighted by molar-refractivity contribution is 5.48. The van der Waals surface area contributed by atoms with Gasteiger partial charge in [0.2, 0.25) is 0 Å². The zero-order chi connectivity index (χ0) is 8.55. The Morgan fingerprint density at radius 2 is 2.42 bits per heavy atom. The third kappa shape index (κ3) is 0.987. The maximum atomic E-state index is 5.52. The minimum atomic E-state index is 0.584. The Kier molecular flexibility index (Phi) is 1.59. The number of hydrogen-bond acceptors (Lipinski definition) is 2. The summed E-state index contributed by atoms with van der Waals surface area (Å²) in [7, 11) is 0. The van der Waals surface area contributed by atoms with Gasteiger partial charge in [-0.25, -0.2) is 4.98 Å². The predicted molar refractivity (Wildman–Crippen MR) is 47.8 cm³/mol. The smallest absolute Gasteiger partial charge is 0.110 e. The Balaban J connectivity index is 2.69. The minimum Gasteiger partial charge on any atom is -0.326 e. The lowest BCUT2D eigenvalue weighted by Gasteiger charge is -1.98. The molecule has 2 N–H and O–H groups in total. The van der Waals surface area contributed by atoms with Crippen LogP contribution in [0, 0.1) is 6.92 Å². The molecule has 0 aliphatic carbocycles. The highest BCUT2D eigenvalue weighted by Gasteiger charge is 1.97. The van der Waals surface area contributed by atoms with Gasteiger partial charge in [0.05, 0.1) is 11.7 Å². The van der Waals surface area contributed by atoms with Crippen LogP contribution in [0.4, 0.5) is 0 Å². The third-order valence-electron chi connectivity index (χ3n) is 2.02. The normalized spacial score (nSPS) is 10.8. The molecule has 0 aliphatic rings. The Morgan fingerprint density at radius 3 is 3.17 bits per heavy atom. The molecule has 3 nitrogen and oxygen atoms in total. The van der Waals surface area contributed by atoms with Crippen LogP contribution >= 0.6 is 0 Å². The van der Waals surface area contributed by atoms with Gasteiger partial charge in [0.1, 0.15) is 5.82 Å². The molecule has 0 unspecified atom stereocenters. The molecule has 0 saturated heterocycles. The van der Waals surface area contributed by atoms with Crippen molar-refractivity contribution in [2.75, 3.05) is 0 Å². The highest BCUT2D eigenvalue weighted by Crippen LogP contribution is 2.08. The maximum Gasteiger partial charge on any atom is 0.110 e. The van der Waals surface area contributed by atoms with Gasteiger partial charge in [-0.3, -0.25) is 0 Å². The molecule has 0 aromatic carbocycles. The second-order valence-electron chi connectivity index (χ2n) is 2.84. The molecule has 0 saturated carbocycles. The molecular weight excluding hydrogens is 150 g/mol. The SMILES string of the molecule is Cc1ncc2cc(CN)ccn12. The summed E-state index contributed by atoms with van der Waals surface area (Å²) < 4.78 is 2.04. The molecule has 3 heteroatoms. The first-order valence-corrected chi connectivity index (χ1v) is 3.94. The Hall–Kier alpha value is -1.35. The van der Waals surface area contributed by atoms with Crippen molar-refractivity contribution in [3.63, 3.8) is 0 Å². The summed E-state index contributed by atoms with van der Waals surface area (Å²) in [5.74, 6) is 1.01. The highest BCUT2D eigenvalue weighted by atomic mass is 15.0. The lowest BCUT2D eigenvalue weighted by molar-refractivity contribution is 1.02. The van der Waals surface area contributed by atoms with Crippen LogP contribution in [-0.4, -0.2) is 9.38 Å². The van der Waals surface area contributed by atoms with Crippen molar-refractivity contribution in [1.82, 2.24) is 9.38 Å². The molecule has 2 heterocycles. The zero-order valence-corrected chi connectivity index (χ0v) is 6.99. The van der Waals surface area contributed by atoms with E-state index in [2.05, 4.69) is 11.1 Å². The van der Waals surface area contributed by atoms with E-state index in [-0.39, 0.29) is 0 Å². The minimum absolute atomic E-state index is 0.584. The van der Waals surface area contributed by atoms with Crippen molar-refractivity contribution < 1.29 is 0 Å². The van der Waals surface area contributed by atoms with Crippen molar-refractivity contribution in [1.29, 1.82) is 0 Å². The van der Waals surface area contributed by atoms with Crippen LogP contribution in [0.2, 0.25) is 0 Å². The molecule has 12 heavy (non-hydrogen) atoms. The van der Waals surface area contributed by atoms with Crippen molar-refractivity contribution >= 4 is 5.52 Å². The van der Waals surface area contributed by atoms with Crippen molar-refractivity contribution in [2.45, 2.75) is 13.5 Å². The maximum absolute atomic E-state index is 5.52. The molecule has 0 spiro atoms. The summed E-state index contributed by atoms with van der Waals surface area (Å²) >= 11 is 0. The van der Waals surface area contributed by atoms with Gasteiger partial charge in [-0.1, -0.05) is 0 Å². The number of nitrogens with two attached hydrogens (primary N) is 1. The summed E-state index contributed by atoms with van der Waals surface area (Å²) in [5.41, 5.74) is 7.77. The fraction of sp³-hybridized carbons (Fsp3) is 0.222. The Morgan fingerprint density at radius 1 is 1.58 bits per heavy atom. The van der Waals surface area contributed by atoms with E-state index < -0.39 is 0 Å². The van der Waals surface area contributed by atoms with Crippen LogP contribution in [0.25, 0.3) is 5.52 Å². The van der Waals surface area contributed by atoms with Gasteiger partial charge in [0.25, 0.3) is 0 Å². The zero-order valence-electron chi connectivity index (χ0n) is 6.99. The second kappa shape index (κ2) is 2.60. The number of imidazole rings is 1. The predicted octanol–water partition coefficient (Wildman–Crippen LogP) is 1.10. The monoisotopic (exact) mass is 161 g/mol. The van der Waals surface area contributed by atoms with Crippen LogP contribution in [0.1, 0.15) is 11.4 Å². The number of pyridine rings is 1. The van der Waals surface area contributed by atoms with Gasteiger partial charge in [0, 0.05) is 12.7 Å². The van der Waals surface area contributed by atoms with Crippen LogP contribution in [0.5, 0.6) is 0 Å². The molecular formula is C9H11N3. The lowest BCUT2D eigenvalue weighted by Crippen LogP contribution is -1.97. The van der Waals surface area contributed by atoms with Crippen LogP contribution < -0.4 is 5.73 Å². The third-order valence-corrected chi connectivity index (χ3v) is 2.02. The van der Waals surface area contributed by atoms with E-state index in [1.54, 1.807) is 0 Å². The number of aryl methyl sites for hydroxylation is 1. The van der Waals surface area contributed by atoms with Crippen molar-refractivity contribution in [3.05, 3.63) is 35.9 Å². The van der Waals surface area contributed by atoms with E-state index in [0.29, 0.717) is 6.54 Å². The first-order valence-electron chi connectivity index (χ1n) is 3.94. The molecule has 0 amide bonds.